The van der Waals surface area contributed by atoms with Crippen molar-refractivity contribution in [2.45, 2.75) is 39.3 Å². The second kappa shape index (κ2) is 7.38. The maximum absolute atomic E-state index is 12.4. The van der Waals surface area contributed by atoms with Gasteiger partial charge >= 0.3 is 5.97 Å². The number of carboxylic acid groups (broad SMARTS) is 1. The number of carbonyl (C=O) groups is 3. The number of nitrogens with zero attached hydrogens (tertiary/aromatic N) is 3. The third kappa shape index (κ3) is 2.80. The molecule has 1 amide bonds. The SMILES string of the molecule is CCC(=O)c1ncn2cc(C3=C(C(=O)O)N4C(=O)[C@H]([C@@H](C)O)[C@H]4[C@H]3C)sc12.[Na]. The Bertz CT molecular complexity index is 1020. The van der Waals surface area contributed by atoms with E-state index in [9.17, 15) is 24.6 Å². The number of thiazole rings is 1. The molecule has 1 radical (unpaired) electrons. The molecule has 8 nitrogen and oxygen atoms in total. The van der Waals surface area contributed by atoms with E-state index in [-0.39, 0.29) is 58.9 Å². The Morgan fingerprint density at radius 2 is 2.07 bits per heavy atom. The summed E-state index contributed by atoms with van der Waals surface area (Å²) in [7, 11) is 0. The van der Waals surface area contributed by atoms with Gasteiger partial charge in [0.25, 0.3) is 0 Å². The van der Waals surface area contributed by atoms with Gasteiger partial charge in [-0.2, -0.15) is 0 Å². The third-order valence-electron chi connectivity index (χ3n) is 5.44. The van der Waals surface area contributed by atoms with Crippen LogP contribution in [0.2, 0.25) is 0 Å². The molecule has 28 heavy (non-hydrogen) atoms. The third-order valence-corrected chi connectivity index (χ3v) is 6.58. The first kappa shape index (κ1) is 21.2. The van der Waals surface area contributed by atoms with Crippen LogP contribution in [0.5, 0.6) is 0 Å². The first-order valence-corrected chi connectivity index (χ1v) is 9.58. The fraction of sp³-hybridized carbons (Fsp3) is 0.444. The Morgan fingerprint density at radius 3 is 2.64 bits per heavy atom. The summed E-state index contributed by atoms with van der Waals surface area (Å²) in [5.74, 6) is -2.45. The number of hydrogen-bond donors (Lipinski definition) is 2. The quantitative estimate of drug-likeness (QED) is 0.434. The van der Waals surface area contributed by atoms with Crippen molar-refractivity contribution in [1.29, 1.82) is 0 Å². The number of amides is 1. The summed E-state index contributed by atoms with van der Waals surface area (Å²) in [5, 5.41) is 19.7. The Balaban J connectivity index is 0.00000225. The van der Waals surface area contributed by atoms with Gasteiger partial charge in [-0.1, -0.05) is 13.8 Å². The summed E-state index contributed by atoms with van der Waals surface area (Å²) < 4.78 is 1.71. The molecule has 0 aromatic carbocycles. The number of rotatable bonds is 5. The number of Topliss-reactive ketones (excluding diaryl/α,β-unsaturated/α-hetero) is 1. The van der Waals surface area contributed by atoms with Crippen molar-refractivity contribution >= 4 is 69.0 Å². The van der Waals surface area contributed by atoms with E-state index in [2.05, 4.69) is 4.98 Å². The predicted molar refractivity (Wildman–Crippen MR) is 103 cm³/mol. The molecule has 0 bridgehead atoms. The zero-order valence-corrected chi connectivity index (χ0v) is 18.9. The largest absolute Gasteiger partial charge is 0.477 e. The number of carbonyl (C=O) groups excluding carboxylic acids is 2. The van der Waals surface area contributed by atoms with Gasteiger partial charge in [-0.15, -0.1) is 11.3 Å². The maximum Gasteiger partial charge on any atom is 0.352 e. The molecule has 4 atom stereocenters. The molecule has 10 heteroatoms. The molecular weight excluding hydrogens is 393 g/mol. The summed E-state index contributed by atoms with van der Waals surface area (Å²) in [6, 6.07) is -0.366. The average molecular weight is 412 g/mol. The van der Waals surface area contributed by atoms with Gasteiger partial charge in [0.05, 0.1) is 22.9 Å². The van der Waals surface area contributed by atoms with Crippen molar-refractivity contribution in [3.8, 4) is 0 Å². The van der Waals surface area contributed by atoms with Gasteiger partial charge in [0.1, 0.15) is 22.5 Å². The predicted octanol–water partition coefficient (Wildman–Crippen LogP) is 1.26. The topological polar surface area (TPSA) is 112 Å². The molecule has 2 aromatic heterocycles. The number of β-lactam (4-membered cyclic amide) rings is 1. The molecule has 2 aromatic rings. The summed E-state index contributed by atoms with van der Waals surface area (Å²) in [6.45, 7) is 5.18. The van der Waals surface area contributed by atoms with Crippen molar-refractivity contribution < 1.29 is 24.6 Å². The van der Waals surface area contributed by atoms with E-state index < -0.39 is 18.0 Å². The zero-order valence-electron chi connectivity index (χ0n) is 16.0. The monoisotopic (exact) mass is 412 g/mol. The average Bonchev–Trinajstić information content (AvgIpc) is 3.23. The number of aliphatic hydroxyl groups is 1. The van der Waals surface area contributed by atoms with Crippen LogP contribution < -0.4 is 0 Å². The first-order chi connectivity index (χ1) is 12.8. The Kier molecular flexibility index (Phi) is 5.59. The minimum Gasteiger partial charge on any atom is -0.477 e. The van der Waals surface area contributed by atoms with Crippen LogP contribution in [0, 0.1) is 11.8 Å². The van der Waals surface area contributed by atoms with Crippen LogP contribution in [0.15, 0.2) is 18.2 Å². The van der Waals surface area contributed by atoms with Gasteiger partial charge in [-0.05, 0) is 6.92 Å². The Hall–Kier alpha value is -1.52. The molecule has 1 fully saturated rings. The number of ketones is 1. The number of fused-ring (bicyclic) bond motifs is 2. The number of hydrogen-bond acceptors (Lipinski definition) is 6. The van der Waals surface area contributed by atoms with Crippen LogP contribution in [0.1, 0.15) is 42.6 Å². The van der Waals surface area contributed by atoms with Crippen molar-refractivity contribution in [3.05, 3.63) is 28.8 Å². The van der Waals surface area contributed by atoms with Gasteiger partial charge in [0, 0.05) is 53.7 Å². The summed E-state index contributed by atoms with van der Waals surface area (Å²) in [6.07, 6.45) is 2.78. The van der Waals surface area contributed by atoms with E-state index >= 15 is 0 Å². The molecule has 0 aliphatic carbocycles. The van der Waals surface area contributed by atoms with Crippen molar-refractivity contribution in [2.24, 2.45) is 11.8 Å². The van der Waals surface area contributed by atoms with Crippen molar-refractivity contribution in [2.75, 3.05) is 0 Å². The van der Waals surface area contributed by atoms with E-state index in [0.717, 1.165) is 0 Å². The van der Waals surface area contributed by atoms with Crippen LogP contribution in [0.25, 0.3) is 10.4 Å². The summed E-state index contributed by atoms with van der Waals surface area (Å²) in [5.41, 5.74) is 0.904. The molecule has 2 aliphatic rings. The van der Waals surface area contributed by atoms with Crippen LogP contribution in [0.3, 0.4) is 0 Å². The van der Waals surface area contributed by atoms with Gasteiger partial charge in [-0.3, -0.25) is 14.0 Å². The van der Waals surface area contributed by atoms with Gasteiger partial charge in [0.2, 0.25) is 5.91 Å². The molecule has 0 spiro atoms. The molecule has 1 saturated heterocycles. The molecular formula is C18H19N3NaO5S. The molecule has 143 valence electrons. The Labute approximate surface area is 187 Å². The number of imidazole rings is 1. The van der Waals surface area contributed by atoms with Crippen molar-refractivity contribution in [1.82, 2.24) is 14.3 Å². The number of carboxylic acids is 1. The zero-order chi connectivity index (χ0) is 19.6. The van der Waals surface area contributed by atoms with Gasteiger partial charge in [-0.25, -0.2) is 9.78 Å². The smallest absolute Gasteiger partial charge is 0.352 e. The number of aromatic nitrogens is 2. The fourth-order valence-electron chi connectivity index (χ4n) is 4.18. The van der Waals surface area contributed by atoms with Crippen LogP contribution in [-0.2, 0) is 9.59 Å². The fourth-order valence-corrected chi connectivity index (χ4v) is 5.41. The summed E-state index contributed by atoms with van der Waals surface area (Å²) in [4.78, 5) is 43.2. The van der Waals surface area contributed by atoms with Crippen LogP contribution >= 0.6 is 11.3 Å². The molecule has 0 saturated carbocycles. The minimum atomic E-state index is -1.17. The van der Waals surface area contributed by atoms with E-state index in [4.69, 9.17) is 0 Å². The van der Waals surface area contributed by atoms with E-state index in [1.54, 1.807) is 24.4 Å². The maximum atomic E-state index is 12.4. The number of aliphatic carboxylic acids is 1. The van der Waals surface area contributed by atoms with E-state index in [1.807, 2.05) is 6.92 Å². The van der Waals surface area contributed by atoms with Crippen LogP contribution in [0.4, 0.5) is 0 Å². The second-order valence-corrected chi connectivity index (χ2v) is 8.03. The standard InChI is InChI=1S/C18H19N3O5S.Na/c1-4-9(23)13-17-20(6-19-13)5-10(27-17)11-7(2)14-12(8(3)22)16(24)21(14)15(11)18(25)26;/h5-8,12,14,22H,4H2,1-3H3,(H,25,26);/t7-,8+,12+,14+;/m0./s1. The molecule has 4 heterocycles. The molecule has 2 aliphatic heterocycles. The molecule has 4 rings (SSSR count). The Morgan fingerprint density at radius 1 is 1.39 bits per heavy atom. The normalized spacial score (nSPS) is 24.8. The number of aliphatic hydroxyl groups excluding tert-OH is 1. The molecule has 2 N–H and O–H groups in total. The minimum absolute atomic E-state index is 0. The van der Waals surface area contributed by atoms with Gasteiger partial charge < -0.3 is 15.1 Å². The van der Waals surface area contributed by atoms with Crippen LogP contribution in [-0.4, -0.2) is 83.9 Å². The van der Waals surface area contributed by atoms with Gasteiger partial charge in [0.15, 0.2) is 5.78 Å². The van der Waals surface area contributed by atoms with E-state index in [0.29, 0.717) is 27.4 Å². The van der Waals surface area contributed by atoms with E-state index in [1.165, 1.54) is 22.6 Å². The molecule has 0 unspecified atom stereocenters. The second-order valence-electron chi connectivity index (χ2n) is 7.00. The van der Waals surface area contributed by atoms with Crippen molar-refractivity contribution in [3.63, 3.8) is 0 Å². The first-order valence-electron chi connectivity index (χ1n) is 8.76. The summed E-state index contributed by atoms with van der Waals surface area (Å²) >= 11 is 1.30.